The normalized spacial score (nSPS) is 12.7. The van der Waals surface area contributed by atoms with Crippen LogP contribution in [0.3, 0.4) is 0 Å². The van der Waals surface area contributed by atoms with Gasteiger partial charge in [0, 0.05) is 35.2 Å². The van der Waals surface area contributed by atoms with E-state index in [4.69, 9.17) is 9.47 Å². The second-order valence-electron chi connectivity index (χ2n) is 6.45. The number of benzene rings is 2. The molecule has 0 radical (unpaired) electrons. The van der Waals surface area contributed by atoms with Gasteiger partial charge in [0.05, 0.1) is 5.56 Å². The van der Waals surface area contributed by atoms with Crippen molar-refractivity contribution in [1.82, 2.24) is 4.98 Å². The molecule has 0 saturated heterocycles. The maximum atomic E-state index is 13.3. The number of hydrogen-bond donors (Lipinski definition) is 0. The molecule has 0 spiro atoms. The molecule has 5 nitrogen and oxygen atoms in total. The zero-order valence-electron chi connectivity index (χ0n) is 15.6. The Morgan fingerprint density at radius 3 is 2.62 bits per heavy atom. The summed E-state index contributed by atoms with van der Waals surface area (Å²) in [6.45, 7) is 1.42. The van der Waals surface area contributed by atoms with Crippen molar-refractivity contribution in [2.45, 2.75) is 0 Å². The Kier molecular flexibility index (Phi) is 5.91. The predicted molar refractivity (Wildman–Crippen MR) is 117 cm³/mol. The van der Waals surface area contributed by atoms with Crippen molar-refractivity contribution < 1.29 is 14.3 Å². The van der Waals surface area contributed by atoms with Gasteiger partial charge in [0.25, 0.3) is 5.91 Å². The van der Waals surface area contributed by atoms with E-state index in [-0.39, 0.29) is 5.91 Å². The smallest absolute Gasteiger partial charge is 0.260 e. The van der Waals surface area contributed by atoms with E-state index in [0.29, 0.717) is 36.8 Å². The first kappa shape index (κ1) is 19.2. The number of rotatable bonds is 5. The van der Waals surface area contributed by atoms with Gasteiger partial charge in [-0.3, -0.25) is 9.78 Å². The highest BCUT2D eigenvalue weighted by Crippen LogP contribution is 2.34. The first-order chi connectivity index (χ1) is 14.2. The third kappa shape index (κ3) is 4.66. The van der Waals surface area contributed by atoms with Crippen LogP contribution in [-0.2, 0) is 0 Å². The Morgan fingerprint density at radius 1 is 1.03 bits per heavy atom. The fourth-order valence-electron chi connectivity index (χ4n) is 3.05. The van der Waals surface area contributed by atoms with Gasteiger partial charge in [-0.15, -0.1) is 0 Å². The third-order valence-corrected chi connectivity index (χ3v) is 4.87. The van der Waals surface area contributed by atoms with Crippen molar-refractivity contribution in [3.63, 3.8) is 0 Å². The lowest BCUT2D eigenvalue weighted by atomic mass is 10.2. The Bertz CT molecular complexity index is 1040. The van der Waals surface area contributed by atoms with Gasteiger partial charge in [-0.25, -0.2) is 0 Å². The number of pyridine rings is 1. The molecule has 0 atom stereocenters. The summed E-state index contributed by atoms with van der Waals surface area (Å²) < 4.78 is 12.0. The minimum absolute atomic E-state index is 0.145. The van der Waals surface area contributed by atoms with Crippen molar-refractivity contribution in [1.29, 1.82) is 0 Å². The van der Waals surface area contributed by atoms with Crippen LogP contribution in [-0.4, -0.2) is 30.6 Å². The van der Waals surface area contributed by atoms with Crippen molar-refractivity contribution in [3.05, 3.63) is 88.7 Å². The average molecular weight is 451 g/mol. The Hall–Kier alpha value is -3.12. The molecule has 2 heterocycles. The molecule has 2 aromatic carbocycles. The number of fused-ring (bicyclic) bond motifs is 1. The quantitative estimate of drug-likeness (QED) is 0.550. The molecule has 0 unspecified atom stereocenters. The van der Waals surface area contributed by atoms with Crippen molar-refractivity contribution in [3.8, 4) is 11.5 Å². The lowest BCUT2D eigenvalue weighted by Gasteiger charge is -2.24. The number of ether oxygens (including phenoxy) is 2. The second kappa shape index (κ2) is 8.92. The molecule has 0 fully saturated rings. The van der Waals surface area contributed by atoms with Gasteiger partial charge in [0.1, 0.15) is 13.2 Å². The molecular formula is C23H19BrN2O3. The van der Waals surface area contributed by atoms with E-state index in [9.17, 15) is 4.79 Å². The van der Waals surface area contributed by atoms with Gasteiger partial charge < -0.3 is 14.4 Å². The minimum atomic E-state index is -0.145. The maximum Gasteiger partial charge on any atom is 0.260 e. The SMILES string of the molecule is O=C(c1cncc(Br)c1)N(C/C=C\c1ccccc1)c1ccc2c(c1)OCCO2. The molecule has 4 rings (SSSR count). The van der Waals surface area contributed by atoms with E-state index in [1.54, 1.807) is 23.4 Å². The Morgan fingerprint density at radius 2 is 1.83 bits per heavy atom. The standard InChI is InChI=1S/C23H19BrN2O3/c24-19-13-18(15-25-16-19)23(27)26(10-4-7-17-5-2-1-3-6-17)20-8-9-21-22(14-20)29-12-11-28-21/h1-9,13-16H,10-12H2/b7-4-. The molecule has 3 aromatic rings. The van der Waals surface area contributed by atoms with Crippen molar-refractivity contribution in [2.75, 3.05) is 24.7 Å². The highest BCUT2D eigenvalue weighted by molar-refractivity contribution is 9.10. The number of carbonyl (C=O) groups excluding carboxylic acids is 1. The topological polar surface area (TPSA) is 51.7 Å². The van der Waals surface area contributed by atoms with Gasteiger partial charge in [-0.05, 0) is 39.7 Å². The van der Waals surface area contributed by atoms with Gasteiger partial charge in [0.2, 0.25) is 0 Å². The molecule has 0 aliphatic carbocycles. The van der Waals surface area contributed by atoms with Crippen LogP contribution in [0.4, 0.5) is 5.69 Å². The summed E-state index contributed by atoms with van der Waals surface area (Å²) in [5.41, 5.74) is 2.31. The van der Waals surface area contributed by atoms with Crippen molar-refractivity contribution in [2.24, 2.45) is 0 Å². The number of amides is 1. The van der Waals surface area contributed by atoms with E-state index >= 15 is 0 Å². The van der Waals surface area contributed by atoms with Crippen LogP contribution in [0.2, 0.25) is 0 Å². The Balaban J connectivity index is 1.65. The van der Waals surface area contributed by atoms with E-state index in [0.717, 1.165) is 15.7 Å². The second-order valence-corrected chi connectivity index (χ2v) is 7.36. The maximum absolute atomic E-state index is 13.3. The van der Waals surface area contributed by atoms with Crippen LogP contribution in [0.25, 0.3) is 6.08 Å². The van der Waals surface area contributed by atoms with E-state index in [1.807, 2.05) is 60.7 Å². The molecule has 1 aromatic heterocycles. The summed E-state index contributed by atoms with van der Waals surface area (Å²) in [4.78, 5) is 19.1. The number of halogens is 1. The highest BCUT2D eigenvalue weighted by atomic mass is 79.9. The van der Waals surface area contributed by atoms with Gasteiger partial charge >= 0.3 is 0 Å². The summed E-state index contributed by atoms with van der Waals surface area (Å²) >= 11 is 3.38. The van der Waals surface area contributed by atoms with Crippen LogP contribution >= 0.6 is 15.9 Å². The first-order valence-electron chi connectivity index (χ1n) is 9.24. The van der Waals surface area contributed by atoms with E-state index in [2.05, 4.69) is 20.9 Å². The predicted octanol–water partition coefficient (Wildman–Crippen LogP) is 4.98. The molecule has 1 aliphatic heterocycles. The van der Waals surface area contributed by atoms with Gasteiger partial charge in [-0.1, -0.05) is 42.5 Å². The van der Waals surface area contributed by atoms with Crippen LogP contribution in [0, 0.1) is 0 Å². The Labute approximate surface area is 177 Å². The zero-order chi connectivity index (χ0) is 20.1. The fourth-order valence-corrected chi connectivity index (χ4v) is 3.41. The average Bonchev–Trinajstić information content (AvgIpc) is 2.77. The van der Waals surface area contributed by atoms with Crippen molar-refractivity contribution >= 4 is 33.6 Å². The van der Waals surface area contributed by atoms with E-state index in [1.165, 1.54) is 0 Å². The monoisotopic (exact) mass is 450 g/mol. The molecule has 0 saturated carbocycles. The van der Waals surface area contributed by atoms with Crippen LogP contribution in [0.5, 0.6) is 11.5 Å². The fraction of sp³-hybridized carbons (Fsp3) is 0.130. The molecular weight excluding hydrogens is 432 g/mol. The summed E-state index contributed by atoms with van der Waals surface area (Å²) in [6, 6.07) is 17.3. The summed E-state index contributed by atoms with van der Waals surface area (Å²) in [6.07, 6.45) is 7.19. The molecule has 0 N–H and O–H groups in total. The zero-order valence-corrected chi connectivity index (χ0v) is 17.2. The first-order valence-corrected chi connectivity index (χ1v) is 10.0. The third-order valence-electron chi connectivity index (χ3n) is 4.43. The number of carbonyl (C=O) groups is 1. The highest BCUT2D eigenvalue weighted by Gasteiger charge is 2.20. The number of nitrogens with zero attached hydrogens (tertiary/aromatic N) is 2. The summed E-state index contributed by atoms with van der Waals surface area (Å²) in [7, 11) is 0. The summed E-state index contributed by atoms with van der Waals surface area (Å²) in [5.74, 6) is 1.19. The molecule has 1 amide bonds. The molecule has 29 heavy (non-hydrogen) atoms. The lowest BCUT2D eigenvalue weighted by molar-refractivity contribution is 0.0989. The van der Waals surface area contributed by atoms with Crippen LogP contribution < -0.4 is 14.4 Å². The number of aromatic nitrogens is 1. The molecule has 6 heteroatoms. The van der Waals surface area contributed by atoms with Gasteiger partial charge in [0.15, 0.2) is 11.5 Å². The largest absolute Gasteiger partial charge is 0.486 e. The minimum Gasteiger partial charge on any atom is -0.486 e. The van der Waals surface area contributed by atoms with Crippen LogP contribution in [0.1, 0.15) is 15.9 Å². The molecule has 146 valence electrons. The molecule has 1 aliphatic rings. The van der Waals surface area contributed by atoms with E-state index < -0.39 is 0 Å². The number of hydrogen-bond acceptors (Lipinski definition) is 4. The van der Waals surface area contributed by atoms with Gasteiger partial charge in [-0.2, -0.15) is 0 Å². The van der Waals surface area contributed by atoms with Crippen LogP contribution in [0.15, 0.2) is 77.5 Å². The summed E-state index contributed by atoms with van der Waals surface area (Å²) in [5, 5.41) is 0. The number of anilines is 1. The lowest BCUT2D eigenvalue weighted by Crippen LogP contribution is -2.31. The molecule has 0 bridgehead atoms.